The van der Waals surface area contributed by atoms with Crippen LogP contribution in [0.4, 0.5) is 0 Å². The fourth-order valence-electron chi connectivity index (χ4n) is 6.36. The summed E-state index contributed by atoms with van der Waals surface area (Å²) in [5, 5.41) is 3.28. The van der Waals surface area contributed by atoms with Crippen molar-refractivity contribution in [2.45, 2.75) is 206 Å². The smallest absolute Gasteiger partial charge is 0.0841 e. The number of ether oxygens (including phenoxy) is 2. The highest BCUT2D eigenvalue weighted by molar-refractivity contribution is 4.93. The normalized spacial score (nSPS) is 19.2. The van der Waals surface area contributed by atoms with Gasteiger partial charge in [0.25, 0.3) is 0 Å². The van der Waals surface area contributed by atoms with Gasteiger partial charge in [-0.05, 0) is 97.1 Å². The molecule has 3 heteroatoms. The molecule has 3 atom stereocenters. The van der Waals surface area contributed by atoms with Gasteiger partial charge in [0.2, 0.25) is 0 Å². The molecule has 46 heavy (non-hydrogen) atoms. The van der Waals surface area contributed by atoms with Gasteiger partial charge in [-0.2, -0.15) is 0 Å². The van der Waals surface area contributed by atoms with Crippen LogP contribution in [0.15, 0.2) is 48.6 Å². The predicted octanol–water partition coefficient (Wildman–Crippen LogP) is 13.2. The van der Waals surface area contributed by atoms with E-state index in [9.17, 15) is 0 Å². The monoisotopic (exact) mass is 642 g/mol. The Labute approximate surface area is 288 Å². The molecule has 3 nitrogen and oxygen atoms in total. The lowest BCUT2D eigenvalue weighted by molar-refractivity contribution is -0.185. The minimum atomic E-state index is 0.258. The summed E-state index contributed by atoms with van der Waals surface area (Å²) in [4.78, 5) is 0. The van der Waals surface area contributed by atoms with E-state index < -0.39 is 0 Å². The first-order valence-corrected chi connectivity index (χ1v) is 20.3. The molecule has 1 N–H and O–H groups in total. The first-order chi connectivity index (χ1) is 22.8. The molecule has 0 radical (unpaired) electrons. The fraction of sp³-hybridized carbons (Fsp3) is 0.814. The maximum atomic E-state index is 6.62. The second-order valence-electron chi connectivity index (χ2n) is 13.8. The molecule has 0 aromatic carbocycles. The van der Waals surface area contributed by atoms with E-state index in [0.717, 1.165) is 38.8 Å². The highest BCUT2D eigenvalue weighted by atomic mass is 16.6. The molecule has 0 saturated carbocycles. The number of rotatable bonds is 33. The van der Waals surface area contributed by atoms with Gasteiger partial charge in [0, 0.05) is 0 Å². The van der Waals surface area contributed by atoms with Gasteiger partial charge in [0.15, 0.2) is 0 Å². The second-order valence-corrected chi connectivity index (χ2v) is 13.8. The van der Waals surface area contributed by atoms with Crippen molar-refractivity contribution in [3.8, 4) is 0 Å². The lowest BCUT2D eigenvalue weighted by atomic mass is 9.97. The Hall–Kier alpha value is -1.16. The average molecular weight is 642 g/mol. The van der Waals surface area contributed by atoms with Gasteiger partial charge >= 0.3 is 0 Å². The van der Waals surface area contributed by atoms with Gasteiger partial charge in [-0.25, -0.2) is 0 Å². The van der Waals surface area contributed by atoms with Crippen LogP contribution in [-0.2, 0) is 9.47 Å². The Morgan fingerprint density at radius 1 is 0.478 bits per heavy atom. The van der Waals surface area contributed by atoms with Crippen LogP contribution in [0.3, 0.4) is 0 Å². The number of unbranched alkanes of at least 4 members (excludes halogenated alkanes) is 18. The molecular formula is C43H79NO2. The zero-order valence-electron chi connectivity index (χ0n) is 31.2. The summed E-state index contributed by atoms with van der Waals surface area (Å²) in [5.41, 5.74) is 0. The Balaban J connectivity index is 2.11. The number of hydrogen-bond donors (Lipinski definition) is 1. The summed E-state index contributed by atoms with van der Waals surface area (Å²) in [5.74, 6) is 0. The lowest BCUT2D eigenvalue weighted by Gasteiger charge is -2.37. The molecule has 268 valence electrons. The van der Waals surface area contributed by atoms with Crippen LogP contribution in [0.2, 0.25) is 0 Å². The van der Waals surface area contributed by atoms with Gasteiger partial charge in [-0.3, -0.25) is 0 Å². The van der Waals surface area contributed by atoms with Crippen LogP contribution in [0.25, 0.3) is 0 Å². The van der Waals surface area contributed by atoms with Crippen LogP contribution in [0, 0.1) is 0 Å². The molecule has 1 heterocycles. The topological polar surface area (TPSA) is 30.5 Å². The first-order valence-electron chi connectivity index (χ1n) is 20.3. The van der Waals surface area contributed by atoms with Gasteiger partial charge in [-0.15, -0.1) is 0 Å². The van der Waals surface area contributed by atoms with Crippen molar-refractivity contribution in [2.24, 2.45) is 0 Å². The van der Waals surface area contributed by atoms with Gasteiger partial charge in [-0.1, -0.05) is 152 Å². The lowest BCUT2D eigenvalue weighted by Crippen LogP contribution is -2.44. The molecule has 1 saturated heterocycles. The van der Waals surface area contributed by atoms with Crippen molar-refractivity contribution in [3.05, 3.63) is 48.6 Å². The fourth-order valence-corrected chi connectivity index (χ4v) is 6.36. The maximum absolute atomic E-state index is 6.62. The van der Waals surface area contributed by atoms with Crippen LogP contribution in [0.1, 0.15) is 187 Å². The van der Waals surface area contributed by atoms with Crippen molar-refractivity contribution in [1.82, 2.24) is 5.32 Å². The minimum absolute atomic E-state index is 0.258. The molecule has 1 rings (SSSR count). The van der Waals surface area contributed by atoms with Crippen LogP contribution >= 0.6 is 0 Å². The Bertz CT molecular complexity index is 726. The molecule has 0 aromatic rings. The summed E-state index contributed by atoms with van der Waals surface area (Å²) in [6.45, 7) is 6.31. The van der Waals surface area contributed by atoms with E-state index in [0.29, 0.717) is 12.2 Å². The Morgan fingerprint density at radius 3 is 1.35 bits per heavy atom. The molecule has 1 aliphatic rings. The van der Waals surface area contributed by atoms with Crippen LogP contribution < -0.4 is 5.32 Å². The summed E-state index contributed by atoms with van der Waals surface area (Å²) in [7, 11) is 2.03. The van der Waals surface area contributed by atoms with E-state index in [2.05, 4.69) is 67.8 Å². The number of allylic oxidation sites excluding steroid dienone is 8. The third-order valence-corrected chi connectivity index (χ3v) is 9.37. The van der Waals surface area contributed by atoms with Gasteiger partial charge in [0.1, 0.15) is 0 Å². The van der Waals surface area contributed by atoms with Crippen molar-refractivity contribution in [1.29, 1.82) is 0 Å². The quantitative estimate of drug-likeness (QED) is 0.0571. The summed E-state index contributed by atoms with van der Waals surface area (Å²) < 4.78 is 13.0. The Kier molecular flexibility index (Phi) is 32.8. The SMILES string of the molecule is CCCCC/C=C\C/C=C\CCCCCCCCC1OCC(CCNC)OC1CCCCCCCC/C=C\C/C=C\CCCCC. The minimum Gasteiger partial charge on any atom is -0.373 e. The molecule has 0 bridgehead atoms. The second kappa shape index (κ2) is 35.2. The number of hydrogen-bond acceptors (Lipinski definition) is 3. The van der Waals surface area contributed by atoms with Gasteiger partial charge in [0.05, 0.1) is 24.9 Å². The zero-order valence-corrected chi connectivity index (χ0v) is 31.2. The highest BCUT2D eigenvalue weighted by Gasteiger charge is 2.31. The summed E-state index contributed by atoms with van der Waals surface area (Å²) in [6, 6.07) is 0. The number of nitrogens with one attached hydrogen (secondary N) is 1. The van der Waals surface area contributed by atoms with Crippen molar-refractivity contribution in [3.63, 3.8) is 0 Å². The van der Waals surface area contributed by atoms with Crippen molar-refractivity contribution in [2.75, 3.05) is 20.2 Å². The molecule has 0 aromatic heterocycles. The van der Waals surface area contributed by atoms with Gasteiger partial charge < -0.3 is 14.8 Å². The standard InChI is InChI=1S/C43H79NO2/c1-4-6-8-10-12-14-16-18-20-22-24-26-28-30-32-34-36-42-43(46-41(40-45-42)38-39-44-3)37-35-33-31-29-27-25-23-21-19-17-15-13-11-9-7-5-2/h12-15,18-21,41-44H,4-11,16-17,22-40H2,1-3H3/b14-12-,15-13-,20-18-,21-19-. The predicted molar refractivity (Wildman–Crippen MR) is 205 cm³/mol. The zero-order chi connectivity index (χ0) is 33.0. The maximum Gasteiger partial charge on any atom is 0.0841 e. The van der Waals surface area contributed by atoms with E-state index in [1.165, 1.54) is 148 Å². The summed E-state index contributed by atoms with van der Waals surface area (Å²) in [6.07, 6.45) is 54.3. The molecule has 3 unspecified atom stereocenters. The highest BCUT2D eigenvalue weighted by Crippen LogP contribution is 2.26. The van der Waals surface area contributed by atoms with E-state index in [1.54, 1.807) is 0 Å². The molecule has 1 fully saturated rings. The molecule has 1 aliphatic heterocycles. The van der Waals surface area contributed by atoms with Crippen LogP contribution in [0.5, 0.6) is 0 Å². The third-order valence-electron chi connectivity index (χ3n) is 9.37. The van der Waals surface area contributed by atoms with Crippen molar-refractivity contribution < 1.29 is 9.47 Å². The van der Waals surface area contributed by atoms with E-state index in [1.807, 2.05) is 7.05 Å². The molecule has 0 spiro atoms. The van der Waals surface area contributed by atoms with E-state index in [-0.39, 0.29) is 6.10 Å². The average Bonchev–Trinajstić information content (AvgIpc) is 3.07. The third kappa shape index (κ3) is 27.9. The molecule has 0 amide bonds. The molecular weight excluding hydrogens is 562 g/mol. The van der Waals surface area contributed by atoms with E-state index in [4.69, 9.17) is 9.47 Å². The van der Waals surface area contributed by atoms with Crippen LogP contribution in [-0.4, -0.2) is 38.5 Å². The van der Waals surface area contributed by atoms with Crippen molar-refractivity contribution >= 4 is 0 Å². The van der Waals surface area contributed by atoms with E-state index >= 15 is 0 Å². The summed E-state index contributed by atoms with van der Waals surface area (Å²) >= 11 is 0. The Morgan fingerprint density at radius 2 is 0.891 bits per heavy atom. The largest absolute Gasteiger partial charge is 0.373 e. The first kappa shape index (κ1) is 42.9. The molecule has 0 aliphatic carbocycles.